The molecule has 182 valence electrons. The van der Waals surface area contributed by atoms with Gasteiger partial charge in [-0.05, 0) is 38.5 Å². The Morgan fingerprint density at radius 2 is 1.88 bits per heavy atom. The Labute approximate surface area is 191 Å². The molecule has 1 saturated heterocycles. The molecule has 0 spiro atoms. The molecule has 0 radical (unpaired) electrons. The minimum absolute atomic E-state index is 0.0615. The summed E-state index contributed by atoms with van der Waals surface area (Å²) in [7, 11) is 1.65. The summed E-state index contributed by atoms with van der Waals surface area (Å²) < 4.78 is 0. The van der Waals surface area contributed by atoms with Crippen LogP contribution in [0.25, 0.3) is 0 Å². The van der Waals surface area contributed by atoms with Crippen molar-refractivity contribution < 1.29 is 24.3 Å². The van der Waals surface area contributed by atoms with Crippen molar-refractivity contribution in [3.63, 3.8) is 0 Å². The molecule has 9 nitrogen and oxygen atoms in total. The highest BCUT2D eigenvalue weighted by Crippen LogP contribution is 2.21. The molecule has 0 saturated carbocycles. The summed E-state index contributed by atoms with van der Waals surface area (Å²) in [6, 6.07) is -0.786. The molecular formula is C23H40N4O5. The normalized spacial score (nSPS) is 17.2. The van der Waals surface area contributed by atoms with Gasteiger partial charge in [0.05, 0.1) is 12.6 Å². The molecule has 1 aliphatic heterocycles. The second-order valence-corrected chi connectivity index (χ2v) is 8.67. The number of hydrogen-bond donors (Lipinski definition) is 3. The maximum Gasteiger partial charge on any atom is 0.249 e. The molecule has 0 bridgehead atoms. The standard InChI is InChI=1S/C23H40N4O5/c1-17(2)20(26(4)21(30)15-24-16-29)14-18(3)23(32)27-12-9-10-19(27)22(31)25-11-7-5-6-8-13-28/h14,16-17,19-20,28H,5-13,15H2,1-4H3,(H,24,29)(H,25,31)/t19-,20?/m0/s1. The number of likely N-dealkylation sites (N-methyl/N-ethyl adjacent to an activating group) is 1. The molecule has 1 aliphatic rings. The van der Waals surface area contributed by atoms with E-state index in [4.69, 9.17) is 5.11 Å². The van der Waals surface area contributed by atoms with E-state index in [0.29, 0.717) is 31.5 Å². The topological polar surface area (TPSA) is 119 Å². The van der Waals surface area contributed by atoms with Crippen LogP contribution in [-0.2, 0) is 19.2 Å². The molecule has 2 atom stereocenters. The van der Waals surface area contributed by atoms with E-state index < -0.39 is 6.04 Å². The quantitative estimate of drug-likeness (QED) is 0.205. The number of nitrogens with zero attached hydrogens (tertiary/aromatic N) is 2. The van der Waals surface area contributed by atoms with Gasteiger partial charge in [0.2, 0.25) is 24.1 Å². The maximum absolute atomic E-state index is 13.1. The number of carbonyl (C=O) groups is 4. The van der Waals surface area contributed by atoms with Gasteiger partial charge in [0.25, 0.3) is 0 Å². The number of hydrogen-bond acceptors (Lipinski definition) is 5. The van der Waals surface area contributed by atoms with E-state index in [0.717, 1.165) is 32.1 Å². The van der Waals surface area contributed by atoms with Crippen molar-refractivity contribution in [3.05, 3.63) is 11.6 Å². The number of aliphatic hydroxyl groups is 1. The summed E-state index contributed by atoms with van der Waals surface area (Å²) in [5, 5.41) is 14.1. The highest BCUT2D eigenvalue weighted by atomic mass is 16.3. The van der Waals surface area contributed by atoms with Crippen LogP contribution in [0, 0.1) is 5.92 Å². The molecule has 32 heavy (non-hydrogen) atoms. The predicted molar refractivity (Wildman–Crippen MR) is 123 cm³/mol. The Kier molecular flexibility index (Phi) is 12.6. The van der Waals surface area contributed by atoms with Crippen LogP contribution in [-0.4, -0.2) is 84.4 Å². The van der Waals surface area contributed by atoms with E-state index >= 15 is 0 Å². The molecule has 1 heterocycles. The molecule has 0 aromatic carbocycles. The Morgan fingerprint density at radius 1 is 1.19 bits per heavy atom. The zero-order chi connectivity index (χ0) is 24.1. The molecule has 0 aromatic rings. The predicted octanol–water partition coefficient (Wildman–Crippen LogP) is 0.822. The number of rotatable bonds is 14. The summed E-state index contributed by atoms with van der Waals surface area (Å²) in [6.45, 7) is 6.82. The zero-order valence-electron chi connectivity index (χ0n) is 19.9. The van der Waals surface area contributed by atoms with Gasteiger partial charge in [-0.1, -0.05) is 32.8 Å². The van der Waals surface area contributed by atoms with E-state index in [1.165, 1.54) is 4.90 Å². The fraction of sp³-hybridized carbons (Fsp3) is 0.739. The van der Waals surface area contributed by atoms with Crippen LogP contribution in [0.4, 0.5) is 0 Å². The van der Waals surface area contributed by atoms with Crippen molar-refractivity contribution in [2.45, 2.75) is 71.4 Å². The number of aliphatic hydroxyl groups excluding tert-OH is 1. The van der Waals surface area contributed by atoms with Crippen LogP contribution in [0.15, 0.2) is 11.6 Å². The fourth-order valence-corrected chi connectivity index (χ4v) is 3.93. The van der Waals surface area contributed by atoms with Crippen molar-refractivity contribution in [2.75, 3.05) is 33.3 Å². The van der Waals surface area contributed by atoms with Crippen LogP contribution in [0.2, 0.25) is 0 Å². The van der Waals surface area contributed by atoms with Gasteiger partial charge in [-0.25, -0.2) is 0 Å². The zero-order valence-corrected chi connectivity index (χ0v) is 19.9. The lowest BCUT2D eigenvalue weighted by Gasteiger charge is -2.30. The van der Waals surface area contributed by atoms with Crippen molar-refractivity contribution in [1.29, 1.82) is 0 Å². The Bertz CT molecular complexity index is 665. The first-order valence-corrected chi connectivity index (χ1v) is 11.5. The average molecular weight is 453 g/mol. The van der Waals surface area contributed by atoms with Crippen LogP contribution < -0.4 is 10.6 Å². The minimum Gasteiger partial charge on any atom is -0.396 e. The highest BCUT2D eigenvalue weighted by molar-refractivity contribution is 5.97. The summed E-state index contributed by atoms with van der Waals surface area (Å²) in [5.74, 6) is -0.502. The first-order valence-electron chi connectivity index (χ1n) is 11.5. The van der Waals surface area contributed by atoms with Gasteiger partial charge in [0.1, 0.15) is 6.04 Å². The minimum atomic E-state index is -0.475. The monoisotopic (exact) mass is 452 g/mol. The molecule has 4 amide bonds. The number of likely N-dealkylation sites (tertiary alicyclic amines) is 1. The maximum atomic E-state index is 13.1. The van der Waals surface area contributed by atoms with Crippen LogP contribution in [0.5, 0.6) is 0 Å². The number of carbonyl (C=O) groups excluding carboxylic acids is 4. The average Bonchev–Trinajstić information content (AvgIpc) is 3.26. The van der Waals surface area contributed by atoms with Gasteiger partial charge in [-0.3, -0.25) is 19.2 Å². The third-order valence-corrected chi connectivity index (χ3v) is 5.82. The second-order valence-electron chi connectivity index (χ2n) is 8.67. The molecule has 1 unspecified atom stereocenters. The molecular weight excluding hydrogens is 412 g/mol. The van der Waals surface area contributed by atoms with E-state index in [-0.39, 0.29) is 42.8 Å². The van der Waals surface area contributed by atoms with E-state index in [2.05, 4.69) is 10.6 Å². The summed E-state index contributed by atoms with van der Waals surface area (Å²) in [5.41, 5.74) is 0.496. The van der Waals surface area contributed by atoms with Crippen LogP contribution >= 0.6 is 0 Å². The highest BCUT2D eigenvalue weighted by Gasteiger charge is 2.34. The SMILES string of the molecule is CC(=CC(C(C)C)N(C)C(=O)CNC=O)C(=O)N1CCC[C@H]1C(=O)NCCCCCCO. The van der Waals surface area contributed by atoms with E-state index in [9.17, 15) is 19.2 Å². The lowest BCUT2D eigenvalue weighted by atomic mass is 9.99. The smallest absolute Gasteiger partial charge is 0.249 e. The molecule has 9 heteroatoms. The fourth-order valence-electron chi connectivity index (χ4n) is 3.93. The van der Waals surface area contributed by atoms with Gasteiger partial charge in [-0.2, -0.15) is 0 Å². The van der Waals surface area contributed by atoms with Crippen molar-refractivity contribution >= 4 is 24.1 Å². The van der Waals surface area contributed by atoms with Gasteiger partial charge >= 0.3 is 0 Å². The first kappa shape index (κ1) is 27.6. The van der Waals surface area contributed by atoms with Crippen molar-refractivity contribution in [1.82, 2.24) is 20.4 Å². The summed E-state index contributed by atoms with van der Waals surface area (Å²) in [4.78, 5) is 51.7. The van der Waals surface area contributed by atoms with Crippen LogP contribution in [0.1, 0.15) is 59.3 Å². The number of unbranched alkanes of at least 4 members (excludes halogenated alkanes) is 3. The lowest BCUT2D eigenvalue weighted by Crippen LogP contribution is -2.47. The largest absolute Gasteiger partial charge is 0.396 e. The first-order chi connectivity index (χ1) is 15.2. The van der Waals surface area contributed by atoms with E-state index in [1.54, 1.807) is 24.9 Å². The Balaban J connectivity index is 2.75. The molecule has 1 rings (SSSR count). The second kappa shape index (κ2) is 14.6. The van der Waals surface area contributed by atoms with Gasteiger partial charge in [0.15, 0.2) is 0 Å². The van der Waals surface area contributed by atoms with Gasteiger partial charge in [-0.15, -0.1) is 0 Å². The number of nitrogens with one attached hydrogen (secondary N) is 2. The van der Waals surface area contributed by atoms with E-state index in [1.807, 2.05) is 13.8 Å². The van der Waals surface area contributed by atoms with Crippen molar-refractivity contribution in [2.24, 2.45) is 5.92 Å². The van der Waals surface area contributed by atoms with Crippen LogP contribution in [0.3, 0.4) is 0 Å². The summed E-state index contributed by atoms with van der Waals surface area (Å²) >= 11 is 0. The summed E-state index contributed by atoms with van der Waals surface area (Å²) in [6.07, 6.45) is 7.17. The third-order valence-electron chi connectivity index (χ3n) is 5.82. The molecule has 0 aliphatic carbocycles. The number of amides is 4. The molecule has 1 fully saturated rings. The Morgan fingerprint density at radius 3 is 2.50 bits per heavy atom. The van der Waals surface area contributed by atoms with Crippen molar-refractivity contribution in [3.8, 4) is 0 Å². The van der Waals surface area contributed by atoms with Gasteiger partial charge < -0.3 is 25.5 Å². The van der Waals surface area contributed by atoms with Gasteiger partial charge in [0, 0.05) is 32.3 Å². The molecule has 0 aromatic heterocycles. The molecule has 3 N–H and O–H groups in total. The third kappa shape index (κ3) is 8.61. The Hall–Kier alpha value is -2.42. The lowest BCUT2D eigenvalue weighted by molar-refractivity contribution is -0.135.